The Labute approximate surface area is 93.6 Å². The first-order chi connectivity index (χ1) is 7.31. The van der Waals surface area contributed by atoms with Gasteiger partial charge in [0.2, 0.25) is 0 Å². The molecule has 1 saturated heterocycles. The van der Waals surface area contributed by atoms with Crippen LogP contribution in [-0.2, 0) is 4.74 Å². The highest BCUT2D eigenvalue weighted by atomic mass is 16.5. The Morgan fingerprint density at radius 3 is 2.53 bits per heavy atom. The second-order valence-corrected chi connectivity index (χ2v) is 5.36. The van der Waals surface area contributed by atoms with E-state index in [-0.39, 0.29) is 0 Å². The Morgan fingerprint density at radius 1 is 1.13 bits per heavy atom. The zero-order valence-corrected chi connectivity index (χ0v) is 9.95. The average molecular weight is 211 g/mol. The van der Waals surface area contributed by atoms with E-state index in [1.54, 1.807) is 0 Å². The van der Waals surface area contributed by atoms with Crippen LogP contribution in [0.4, 0.5) is 0 Å². The smallest absolute Gasteiger partial charge is 0.0468 e. The summed E-state index contributed by atoms with van der Waals surface area (Å²) in [7, 11) is 0. The van der Waals surface area contributed by atoms with Gasteiger partial charge in [-0.15, -0.1) is 0 Å². The summed E-state index contributed by atoms with van der Waals surface area (Å²) < 4.78 is 5.44. The van der Waals surface area contributed by atoms with Crippen LogP contribution in [-0.4, -0.2) is 19.3 Å². The molecule has 2 aliphatic rings. The normalized spacial score (nSPS) is 39.2. The van der Waals surface area contributed by atoms with E-state index in [0.29, 0.717) is 6.04 Å². The van der Waals surface area contributed by atoms with Gasteiger partial charge in [0.25, 0.3) is 0 Å². The standard InChI is InChI=1S/C13H25NO/c1-2-10-3-4-13(14)12(9-10)11-5-7-15-8-6-11/h10-13H,2-9,14H2,1H3. The topological polar surface area (TPSA) is 35.2 Å². The quantitative estimate of drug-likeness (QED) is 0.762. The third-order valence-corrected chi connectivity index (χ3v) is 4.51. The van der Waals surface area contributed by atoms with Crippen molar-refractivity contribution in [3.63, 3.8) is 0 Å². The fraction of sp³-hybridized carbons (Fsp3) is 1.00. The molecule has 15 heavy (non-hydrogen) atoms. The summed E-state index contributed by atoms with van der Waals surface area (Å²) in [6, 6.07) is 0.468. The Bertz CT molecular complexity index is 189. The third-order valence-electron chi connectivity index (χ3n) is 4.51. The molecule has 0 spiro atoms. The maximum atomic E-state index is 6.29. The van der Waals surface area contributed by atoms with Crippen LogP contribution >= 0.6 is 0 Å². The molecule has 1 aliphatic heterocycles. The number of ether oxygens (including phenoxy) is 1. The van der Waals surface area contributed by atoms with Gasteiger partial charge in [-0.25, -0.2) is 0 Å². The molecule has 2 heteroatoms. The molecule has 0 aromatic rings. The molecule has 1 heterocycles. The minimum absolute atomic E-state index is 0.468. The van der Waals surface area contributed by atoms with Crippen LogP contribution in [0.15, 0.2) is 0 Å². The highest BCUT2D eigenvalue weighted by Crippen LogP contribution is 2.38. The van der Waals surface area contributed by atoms with Crippen molar-refractivity contribution in [1.29, 1.82) is 0 Å². The first-order valence-corrected chi connectivity index (χ1v) is 6.64. The lowest BCUT2D eigenvalue weighted by atomic mass is 9.69. The molecule has 3 atom stereocenters. The molecule has 2 N–H and O–H groups in total. The van der Waals surface area contributed by atoms with Gasteiger partial charge in [0, 0.05) is 19.3 Å². The highest BCUT2D eigenvalue weighted by molar-refractivity contribution is 4.87. The predicted molar refractivity (Wildman–Crippen MR) is 62.6 cm³/mol. The van der Waals surface area contributed by atoms with Crippen molar-refractivity contribution in [1.82, 2.24) is 0 Å². The molecule has 0 aromatic heterocycles. The molecule has 1 aliphatic carbocycles. The van der Waals surface area contributed by atoms with Crippen LogP contribution in [0, 0.1) is 17.8 Å². The van der Waals surface area contributed by atoms with Gasteiger partial charge in [0.05, 0.1) is 0 Å². The molecule has 0 radical (unpaired) electrons. The van der Waals surface area contributed by atoms with Crippen LogP contribution in [0.5, 0.6) is 0 Å². The first-order valence-electron chi connectivity index (χ1n) is 6.64. The lowest BCUT2D eigenvalue weighted by Gasteiger charge is -2.40. The Kier molecular flexibility index (Phi) is 4.04. The van der Waals surface area contributed by atoms with Gasteiger partial charge in [-0.1, -0.05) is 13.3 Å². The zero-order valence-electron chi connectivity index (χ0n) is 9.95. The molecule has 2 nitrogen and oxygen atoms in total. The summed E-state index contributed by atoms with van der Waals surface area (Å²) in [6.45, 7) is 4.25. The van der Waals surface area contributed by atoms with Gasteiger partial charge < -0.3 is 10.5 Å². The molecule has 2 rings (SSSR count). The summed E-state index contributed by atoms with van der Waals surface area (Å²) >= 11 is 0. The van der Waals surface area contributed by atoms with E-state index in [1.165, 1.54) is 38.5 Å². The van der Waals surface area contributed by atoms with Crippen molar-refractivity contribution in [3.8, 4) is 0 Å². The van der Waals surface area contributed by atoms with E-state index in [2.05, 4.69) is 6.92 Å². The van der Waals surface area contributed by atoms with Crippen molar-refractivity contribution >= 4 is 0 Å². The van der Waals surface area contributed by atoms with Crippen LogP contribution in [0.3, 0.4) is 0 Å². The maximum Gasteiger partial charge on any atom is 0.0468 e. The summed E-state index contributed by atoms with van der Waals surface area (Å²) in [5.74, 6) is 2.58. The number of hydrogen-bond donors (Lipinski definition) is 1. The average Bonchev–Trinajstić information content (AvgIpc) is 2.31. The van der Waals surface area contributed by atoms with E-state index >= 15 is 0 Å². The summed E-state index contributed by atoms with van der Waals surface area (Å²) in [6.07, 6.45) is 7.82. The van der Waals surface area contributed by atoms with Gasteiger partial charge in [-0.2, -0.15) is 0 Å². The van der Waals surface area contributed by atoms with Gasteiger partial charge in [0.1, 0.15) is 0 Å². The molecule has 0 bridgehead atoms. The lowest BCUT2D eigenvalue weighted by molar-refractivity contribution is 0.0274. The van der Waals surface area contributed by atoms with Crippen LogP contribution in [0.25, 0.3) is 0 Å². The fourth-order valence-electron chi connectivity index (χ4n) is 3.38. The molecule has 88 valence electrons. The van der Waals surface area contributed by atoms with Crippen LogP contribution in [0.2, 0.25) is 0 Å². The van der Waals surface area contributed by atoms with E-state index < -0.39 is 0 Å². The van der Waals surface area contributed by atoms with Crippen molar-refractivity contribution in [3.05, 3.63) is 0 Å². The van der Waals surface area contributed by atoms with E-state index in [1.807, 2.05) is 0 Å². The third kappa shape index (κ3) is 2.73. The second kappa shape index (κ2) is 5.31. The molecule has 0 aromatic carbocycles. The Morgan fingerprint density at radius 2 is 1.87 bits per heavy atom. The van der Waals surface area contributed by atoms with Crippen LogP contribution in [0.1, 0.15) is 45.4 Å². The van der Waals surface area contributed by atoms with Crippen LogP contribution < -0.4 is 5.73 Å². The largest absolute Gasteiger partial charge is 0.381 e. The number of hydrogen-bond acceptors (Lipinski definition) is 2. The molecule has 3 unspecified atom stereocenters. The van der Waals surface area contributed by atoms with E-state index in [4.69, 9.17) is 10.5 Å². The second-order valence-electron chi connectivity index (χ2n) is 5.36. The Balaban J connectivity index is 1.92. The highest BCUT2D eigenvalue weighted by Gasteiger charge is 2.33. The van der Waals surface area contributed by atoms with E-state index in [9.17, 15) is 0 Å². The minimum atomic E-state index is 0.468. The molecular weight excluding hydrogens is 186 g/mol. The minimum Gasteiger partial charge on any atom is -0.381 e. The number of rotatable bonds is 2. The van der Waals surface area contributed by atoms with Crippen molar-refractivity contribution in [2.24, 2.45) is 23.5 Å². The van der Waals surface area contributed by atoms with Crippen molar-refractivity contribution < 1.29 is 4.74 Å². The van der Waals surface area contributed by atoms with Gasteiger partial charge in [-0.05, 0) is 49.9 Å². The molecule has 2 fully saturated rings. The first kappa shape index (κ1) is 11.4. The van der Waals surface area contributed by atoms with Gasteiger partial charge >= 0.3 is 0 Å². The summed E-state index contributed by atoms with van der Waals surface area (Å²) in [4.78, 5) is 0. The van der Waals surface area contributed by atoms with Gasteiger partial charge in [-0.3, -0.25) is 0 Å². The molecule has 1 saturated carbocycles. The fourth-order valence-corrected chi connectivity index (χ4v) is 3.38. The molecular formula is C13H25NO. The number of nitrogens with two attached hydrogens (primary N) is 1. The predicted octanol–water partition coefficient (Wildman–Crippen LogP) is 2.57. The van der Waals surface area contributed by atoms with Crippen molar-refractivity contribution in [2.75, 3.05) is 13.2 Å². The maximum absolute atomic E-state index is 6.29. The zero-order chi connectivity index (χ0) is 10.7. The SMILES string of the molecule is CCC1CCC(N)C(C2CCOCC2)C1. The monoisotopic (exact) mass is 211 g/mol. The molecule has 0 amide bonds. The summed E-state index contributed by atoms with van der Waals surface area (Å²) in [5.41, 5.74) is 6.29. The van der Waals surface area contributed by atoms with E-state index in [0.717, 1.165) is 31.0 Å². The van der Waals surface area contributed by atoms with Gasteiger partial charge in [0.15, 0.2) is 0 Å². The van der Waals surface area contributed by atoms with Crippen molar-refractivity contribution in [2.45, 2.75) is 51.5 Å². The Hall–Kier alpha value is -0.0800. The lowest BCUT2D eigenvalue weighted by Crippen LogP contribution is -2.41. The summed E-state index contributed by atoms with van der Waals surface area (Å²) in [5, 5.41) is 0.